The largest absolute Gasteiger partial charge is 2.00 e. The zero-order chi connectivity index (χ0) is 3.58. The Morgan fingerprint density at radius 3 is 1.43 bits per heavy atom. The van der Waals surface area contributed by atoms with E-state index < -0.39 is 5.97 Å². The van der Waals surface area contributed by atoms with Crippen LogP contribution in [0, 0.1) is 0 Å². The second kappa shape index (κ2) is 15.7. The van der Waals surface area contributed by atoms with E-state index in [1.807, 2.05) is 0 Å². The average Bonchev–Trinajstić information content (AvgIpc) is 0.811. The molecule has 0 spiro atoms. The number of aliphatic carboxylic acids is 1. The summed E-state index contributed by atoms with van der Waals surface area (Å²) >= 11 is 0. The summed E-state index contributed by atoms with van der Waals surface area (Å²) in [4.78, 5) is 8.89. The second-order valence-corrected chi connectivity index (χ2v) is 0.492. The van der Waals surface area contributed by atoms with Gasteiger partial charge in [-0.2, -0.15) is 0 Å². The zero-order valence-electron chi connectivity index (χ0n) is 4.11. The maximum atomic E-state index is 8.89. The van der Waals surface area contributed by atoms with Crippen LogP contribution in [-0.2, 0) is 4.79 Å². The van der Waals surface area contributed by atoms with Gasteiger partial charge in [-0.1, -0.05) is 0 Å². The summed E-state index contributed by atoms with van der Waals surface area (Å²) in [5.74, 6) is -1.08. The van der Waals surface area contributed by atoms with E-state index in [0.717, 1.165) is 6.92 Å². The first-order chi connectivity index (χ1) is 1.73. The maximum absolute atomic E-state index is 8.89. The normalized spacial score (nSPS) is 3.57. The van der Waals surface area contributed by atoms with Gasteiger partial charge in [-0.15, -0.1) is 0 Å². The van der Waals surface area contributed by atoms with E-state index in [4.69, 9.17) is 9.90 Å². The van der Waals surface area contributed by atoms with Gasteiger partial charge >= 0.3 is 46.1 Å². The van der Waals surface area contributed by atoms with E-state index in [0.29, 0.717) is 0 Å². The molecule has 0 amide bonds. The molecule has 5 heteroatoms. The maximum Gasteiger partial charge on any atom is 2.00 e. The van der Waals surface area contributed by atoms with E-state index in [2.05, 4.69) is 0 Å². The van der Waals surface area contributed by atoms with Gasteiger partial charge in [0.05, 0.1) is 0 Å². The zero-order valence-corrected chi connectivity index (χ0v) is 7.69. The molecule has 7 heavy (non-hydrogen) atoms. The van der Waals surface area contributed by atoms with E-state index in [9.17, 15) is 0 Å². The Kier molecular flexibility index (Phi) is 53.6. The van der Waals surface area contributed by atoms with Crippen LogP contribution < -0.4 is 17.5 Å². The quantitative estimate of drug-likeness (QED) is 0.318. The van der Waals surface area contributed by atoms with Gasteiger partial charge in [0.25, 0.3) is 0 Å². The van der Waals surface area contributed by atoms with Crippen molar-refractivity contribution in [2.45, 2.75) is 6.92 Å². The number of hydrogen-bond donors (Lipinski definition) is 0. The van der Waals surface area contributed by atoms with Crippen molar-refractivity contribution in [2.24, 2.45) is 0 Å². The fourth-order valence-electron chi connectivity index (χ4n) is 0. The molecule has 0 bridgehead atoms. The Morgan fingerprint density at radius 1 is 1.43 bits per heavy atom. The SMILES string of the molecule is CC(=O)[O-].[Cl-].[Mg+2].[Mg+2]. The fraction of sp³-hybridized carbons (Fsp3) is 0.500. The molecule has 0 aromatic heterocycles. The van der Waals surface area contributed by atoms with Gasteiger partial charge in [0, 0.05) is 5.97 Å². The molecule has 0 aromatic carbocycles. The van der Waals surface area contributed by atoms with Gasteiger partial charge in [0.1, 0.15) is 0 Å². The topological polar surface area (TPSA) is 40.1 Å². The minimum atomic E-state index is -1.08. The number of halogens is 1. The summed E-state index contributed by atoms with van der Waals surface area (Å²) in [6.45, 7) is 0.972. The Hall–Kier alpha value is 1.29. The predicted molar refractivity (Wildman–Crippen MR) is 22.2 cm³/mol. The minimum absolute atomic E-state index is 0. The van der Waals surface area contributed by atoms with E-state index >= 15 is 0 Å². The van der Waals surface area contributed by atoms with Crippen LogP contribution in [-0.4, -0.2) is 52.1 Å². The van der Waals surface area contributed by atoms with Crippen molar-refractivity contribution in [3.8, 4) is 0 Å². The molecule has 0 unspecified atom stereocenters. The van der Waals surface area contributed by atoms with Crippen molar-refractivity contribution in [2.75, 3.05) is 0 Å². The van der Waals surface area contributed by atoms with Gasteiger partial charge in [0.2, 0.25) is 0 Å². The fourth-order valence-corrected chi connectivity index (χ4v) is 0. The van der Waals surface area contributed by atoms with Crippen LogP contribution >= 0.6 is 0 Å². The molecule has 0 saturated heterocycles. The smallest absolute Gasteiger partial charge is 1.00 e. The predicted octanol–water partition coefficient (Wildman–Crippen LogP) is -5.00. The molecular formula is C2H3ClMg2O2+2. The molecule has 0 aliphatic heterocycles. The summed E-state index contributed by atoms with van der Waals surface area (Å²) in [5, 5.41) is 8.89. The molecule has 0 aliphatic rings. The van der Waals surface area contributed by atoms with Crippen molar-refractivity contribution in [1.29, 1.82) is 0 Å². The summed E-state index contributed by atoms with van der Waals surface area (Å²) in [7, 11) is 0. The van der Waals surface area contributed by atoms with Crippen molar-refractivity contribution in [1.82, 2.24) is 0 Å². The molecule has 0 aliphatic carbocycles. The Bertz CT molecular complexity index is 36.7. The molecule has 0 aromatic rings. The van der Waals surface area contributed by atoms with Gasteiger partial charge in [-0.3, -0.25) is 0 Å². The number of hydrogen-bond acceptors (Lipinski definition) is 2. The molecule has 0 rings (SSSR count). The Balaban J connectivity index is -0.0000000150. The van der Waals surface area contributed by atoms with E-state index in [-0.39, 0.29) is 58.5 Å². The number of carbonyl (C=O) groups excluding carboxylic acids is 1. The van der Waals surface area contributed by atoms with Crippen molar-refractivity contribution < 1.29 is 22.3 Å². The summed E-state index contributed by atoms with van der Waals surface area (Å²) < 4.78 is 0. The monoisotopic (exact) mass is 142 g/mol. The van der Waals surface area contributed by atoms with Crippen molar-refractivity contribution in [3.63, 3.8) is 0 Å². The summed E-state index contributed by atoms with van der Waals surface area (Å²) in [5.41, 5.74) is 0. The third-order valence-electron chi connectivity index (χ3n) is 0. The van der Waals surface area contributed by atoms with Gasteiger partial charge in [0.15, 0.2) is 0 Å². The van der Waals surface area contributed by atoms with Crippen molar-refractivity contribution in [3.05, 3.63) is 0 Å². The minimum Gasteiger partial charge on any atom is -1.00 e. The van der Waals surface area contributed by atoms with Crippen LogP contribution in [0.25, 0.3) is 0 Å². The molecule has 2 nitrogen and oxygen atoms in total. The van der Waals surface area contributed by atoms with E-state index in [1.54, 1.807) is 0 Å². The van der Waals surface area contributed by atoms with Crippen LogP contribution in [0.3, 0.4) is 0 Å². The van der Waals surface area contributed by atoms with Crippen LogP contribution in [0.2, 0.25) is 0 Å². The van der Waals surface area contributed by atoms with Crippen molar-refractivity contribution >= 4 is 52.1 Å². The number of carboxylic acids is 1. The first-order valence-electron chi connectivity index (χ1n) is 0.908. The van der Waals surface area contributed by atoms with Crippen LogP contribution in [0.1, 0.15) is 6.92 Å². The Morgan fingerprint density at radius 2 is 1.43 bits per heavy atom. The van der Waals surface area contributed by atoms with E-state index in [1.165, 1.54) is 0 Å². The molecule has 0 N–H and O–H groups in total. The molecule has 32 valence electrons. The molecule has 0 radical (unpaired) electrons. The standard InChI is InChI=1S/C2H4O2.ClH.2Mg/c1-2(3)4;;;/h1H3,(H,3,4);1H;;/q;;2*+2/p-2. The molecule has 0 heterocycles. The number of rotatable bonds is 0. The summed E-state index contributed by atoms with van der Waals surface area (Å²) in [6.07, 6.45) is 0. The van der Waals surface area contributed by atoms with Gasteiger partial charge in [-0.25, -0.2) is 0 Å². The van der Waals surface area contributed by atoms with Crippen LogP contribution in [0.4, 0.5) is 0 Å². The molecule has 0 atom stereocenters. The molecular weight excluding hydrogens is 140 g/mol. The first-order valence-corrected chi connectivity index (χ1v) is 0.908. The third-order valence-corrected chi connectivity index (χ3v) is 0. The third kappa shape index (κ3) is 122. The Labute approximate surface area is 80.8 Å². The molecule has 0 saturated carbocycles. The molecule has 0 fully saturated rings. The van der Waals surface area contributed by atoms with Gasteiger partial charge < -0.3 is 22.3 Å². The number of carbonyl (C=O) groups is 1. The van der Waals surface area contributed by atoms with Gasteiger partial charge in [-0.05, 0) is 6.92 Å². The number of carboxylic acid groups (broad SMARTS) is 1. The first kappa shape index (κ1) is 23.9. The van der Waals surface area contributed by atoms with Crippen LogP contribution in [0.5, 0.6) is 0 Å². The average molecular weight is 143 g/mol. The summed E-state index contributed by atoms with van der Waals surface area (Å²) in [6, 6.07) is 0. The van der Waals surface area contributed by atoms with Crippen LogP contribution in [0.15, 0.2) is 0 Å². The second-order valence-electron chi connectivity index (χ2n) is 0.492.